The second kappa shape index (κ2) is 20.7. The maximum Gasteiger partial charge on any atom is 0.407 e. The van der Waals surface area contributed by atoms with Crippen LogP contribution >= 0.6 is 11.6 Å². The van der Waals surface area contributed by atoms with E-state index < -0.39 is 29.6 Å². The van der Waals surface area contributed by atoms with Crippen molar-refractivity contribution >= 4 is 53.1 Å². The molecule has 3 rings (SSSR count). The lowest BCUT2D eigenvalue weighted by Crippen LogP contribution is -2.43. The van der Waals surface area contributed by atoms with Crippen LogP contribution < -0.4 is 27.8 Å². The van der Waals surface area contributed by atoms with Gasteiger partial charge in [0.05, 0.1) is 7.11 Å². The van der Waals surface area contributed by atoms with E-state index in [1.165, 1.54) is 17.6 Å². The molecule has 1 heterocycles. The Morgan fingerprint density at radius 3 is 2.09 bits per heavy atom. The molecule has 8 N–H and O–H groups in total. The number of nitrogens with two attached hydrogens (primary N) is 3. The van der Waals surface area contributed by atoms with Crippen molar-refractivity contribution in [2.24, 2.45) is 10.7 Å². The van der Waals surface area contributed by atoms with Crippen LogP contribution in [0.5, 0.6) is 0 Å². The average molecular weight is 766 g/mol. The first-order valence-electron chi connectivity index (χ1n) is 17.8. The number of halogens is 1. The molecule has 15 nitrogen and oxygen atoms in total. The highest BCUT2D eigenvalue weighted by atomic mass is 35.5. The summed E-state index contributed by atoms with van der Waals surface area (Å²) in [5, 5.41) is 4.99. The molecule has 3 aromatic rings. The number of carbonyl (C=O) groups is 4. The number of methoxy groups -OCH3 is 1. The summed E-state index contributed by atoms with van der Waals surface area (Å²) in [4.78, 5) is 63.1. The number of carbonyl (C=O) groups excluding carboxylic acids is 4. The highest BCUT2D eigenvalue weighted by molar-refractivity contribution is 6.31. The third-order valence-corrected chi connectivity index (χ3v) is 8.57. The van der Waals surface area contributed by atoms with E-state index in [9.17, 15) is 19.2 Å². The molecule has 0 saturated carbocycles. The van der Waals surface area contributed by atoms with Gasteiger partial charge in [0.1, 0.15) is 11.6 Å². The molecule has 0 aliphatic rings. The number of guanidine groups is 1. The van der Waals surface area contributed by atoms with Gasteiger partial charge in [0.15, 0.2) is 28.4 Å². The summed E-state index contributed by atoms with van der Waals surface area (Å²) in [5.41, 5.74) is 20.6. The number of benzene rings is 2. The fraction of sp³-hybridized carbons (Fsp3) is 0.447. The van der Waals surface area contributed by atoms with Crippen molar-refractivity contribution in [3.05, 3.63) is 70.5 Å². The number of nitrogen functional groups attached to an aromatic ring is 2. The normalized spacial score (nSPS) is 12.1. The second-order valence-electron chi connectivity index (χ2n) is 13.7. The zero-order valence-electron chi connectivity index (χ0n) is 31.6. The van der Waals surface area contributed by atoms with Gasteiger partial charge in [-0.1, -0.05) is 60.1 Å². The molecule has 1 aromatic heterocycles. The predicted octanol–water partition coefficient (Wildman–Crippen LogP) is 4.66. The second-order valence-corrected chi connectivity index (χ2v) is 14.0. The number of hydrogen-bond donors (Lipinski definition) is 5. The molecule has 1 atom stereocenters. The van der Waals surface area contributed by atoms with Crippen LogP contribution in [0.4, 0.5) is 16.4 Å². The number of nitrogens with one attached hydrogen (secondary N) is 2. The number of aryl methyl sites for hydroxylation is 2. The summed E-state index contributed by atoms with van der Waals surface area (Å²) in [6, 6.07) is 15.7. The number of anilines is 2. The Bertz CT molecular complexity index is 1760. The Morgan fingerprint density at radius 2 is 1.50 bits per heavy atom. The lowest BCUT2D eigenvalue weighted by molar-refractivity contribution is -0.152. The van der Waals surface area contributed by atoms with E-state index in [-0.39, 0.29) is 40.8 Å². The molecule has 3 amide bonds. The first kappa shape index (κ1) is 43.0. The fourth-order valence-corrected chi connectivity index (χ4v) is 5.49. The molecule has 0 fully saturated rings. The quantitative estimate of drug-likeness (QED) is 0.0549. The largest absolute Gasteiger partial charge is 0.467 e. The van der Waals surface area contributed by atoms with Crippen molar-refractivity contribution in [2.45, 2.75) is 83.8 Å². The Labute approximate surface area is 321 Å². The highest BCUT2D eigenvalue weighted by Gasteiger charge is 2.27. The number of aromatic nitrogens is 2. The zero-order chi connectivity index (χ0) is 39.8. The molecule has 0 radical (unpaired) electrons. The number of esters is 1. The molecule has 0 saturated heterocycles. The van der Waals surface area contributed by atoms with Crippen LogP contribution in [-0.4, -0.2) is 83.6 Å². The van der Waals surface area contributed by atoms with Gasteiger partial charge in [0.25, 0.3) is 5.91 Å². The van der Waals surface area contributed by atoms with Crippen LogP contribution in [0.15, 0.2) is 53.5 Å². The van der Waals surface area contributed by atoms with Crippen molar-refractivity contribution in [1.82, 2.24) is 25.5 Å². The van der Waals surface area contributed by atoms with Gasteiger partial charge >= 0.3 is 12.1 Å². The third kappa shape index (κ3) is 14.2. The summed E-state index contributed by atoms with van der Waals surface area (Å²) in [6.07, 6.45) is 4.40. The van der Waals surface area contributed by atoms with Crippen molar-refractivity contribution in [3.63, 3.8) is 0 Å². The maximum atomic E-state index is 13.1. The van der Waals surface area contributed by atoms with Crippen molar-refractivity contribution in [2.75, 3.05) is 38.7 Å². The molecule has 54 heavy (non-hydrogen) atoms. The molecule has 0 spiro atoms. The number of unbranched alkanes of at least 4 members (excludes halogenated alkanes) is 2. The standard InChI is InChI=1S/C38H52ClN9O6/c1-38(2,3)54-37(52)44-23-9-7-11-28(35(51)53-5)48(4)29(49)21-16-25-14-19-27(20-15-25)26-17-12-24(13-18-26)10-6-8-22-43-36(42)47-34(50)30-32(40)46-33(41)31(39)45-30/h12-15,17-20,28H,6-11,16,21-23H2,1-5H3,(H,44,52)(H4,40,41,46)(H3,42,43,47,50)/t28-/m0/s1. The number of rotatable bonds is 17. The Hall–Kier alpha value is -5.44. The zero-order valence-corrected chi connectivity index (χ0v) is 32.4. The van der Waals surface area contributed by atoms with Gasteiger partial charge in [-0.25, -0.2) is 19.6 Å². The summed E-state index contributed by atoms with van der Waals surface area (Å²) < 4.78 is 10.2. The minimum atomic E-state index is -0.708. The van der Waals surface area contributed by atoms with E-state index in [0.29, 0.717) is 38.8 Å². The number of ether oxygens (including phenoxy) is 2. The van der Waals surface area contributed by atoms with Gasteiger partial charge in [0, 0.05) is 26.6 Å². The first-order valence-corrected chi connectivity index (χ1v) is 18.1. The minimum absolute atomic E-state index is 0.0645. The van der Waals surface area contributed by atoms with Crippen LogP contribution in [0.25, 0.3) is 11.1 Å². The van der Waals surface area contributed by atoms with Crippen LogP contribution in [0.1, 0.15) is 80.9 Å². The summed E-state index contributed by atoms with van der Waals surface area (Å²) in [7, 11) is 2.93. The number of alkyl carbamates (subject to hydrolysis) is 1. The number of amides is 3. The summed E-state index contributed by atoms with van der Waals surface area (Å²) in [6.45, 7) is 6.21. The average Bonchev–Trinajstić information content (AvgIpc) is 3.12. The maximum absolute atomic E-state index is 13.1. The molecular weight excluding hydrogens is 714 g/mol. The van der Waals surface area contributed by atoms with Gasteiger partial charge < -0.3 is 36.9 Å². The van der Waals surface area contributed by atoms with Crippen LogP contribution in [0.3, 0.4) is 0 Å². The van der Waals surface area contributed by atoms with Crippen LogP contribution in [0.2, 0.25) is 5.15 Å². The smallest absolute Gasteiger partial charge is 0.407 e. The van der Waals surface area contributed by atoms with Crippen molar-refractivity contribution < 1.29 is 28.7 Å². The van der Waals surface area contributed by atoms with Crippen LogP contribution in [-0.2, 0) is 31.9 Å². The fourth-order valence-electron chi connectivity index (χ4n) is 5.37. The predicted molar refractivity (Wildman–Crippen MR) is 210 cm³/mol. The summed E-state index contributed by atoms with van der Waals surface area (Å²) >= 11 is 5.83. The van der Waals surface area contributed by atoms with Gasteiger partial charge in [-0.05, 0) is 88.0 Å². The molecule has 0 aliphatic heterocycles. The summed E-state index contributed by atoms with van der Waals surface area (Å²) in [5.74, 6) is -1.61. The molecule has 292 valence electrons. The molecule has 0 bridgehead atoms. The minimum Gasteiger partial charge on any atom is -0.467 e. The van der Waals surface area contributed by atoms with E-state index in [1.54, 1.807) is 27.8 Å². The van der Waals surface area contributed by atoms with E-state index >= 15 is 0 Å². The highest BCUT2D eigenvalue weighted by Crippen LogP contribution is 2.22. The Morgan fingerprint density at radius 1 is 0.889 bits per heavy atom. The van der Waals surface area contributed by atoms with E-state index in [1.807, 2.05) is 24.3 Å². The molecule has 16 heteroatoms. The topological polar surface area (TPSA) is 230 Å². The lowest BCUT2D eigenvalue weighted by Gasteiger charge is -2.26. The SMILES string of the molecule is COC(=O)[C@H](CCCCNC(=O)OC(C)(C)C)N(C)C(=O)CCc1ccc(-c2ccc(CCCCN=C(N)NC(=O)c3nc(Cl)c(N)nc3N)cc2)cc1. The molecular formula is C38H52ClN9O6. The van der Waals surface area contributed by atoms with Gasteiger partial charge in [0.2, 0.25) is 5.91 Å². The van der Waals surface area contributed by atoms with Crippen LogP contribution in [0, 0.1) is 0 Å². The van der Waals surface area contributed by atoms with E-state index in [2.05, 4.69) is 49.9 Å². The molecule has 0 unspecified atom stereocenters. The first-order chi connectivity index (χ1) is 25.6. The van der Waals surface area contributed by atoms with E-state index in [0.717, 1.165) is 36.0 Å². The Balaban J connectivity index is 1.40. The Kier molecular flexibility index (Phi) is 16.5. The van der Waals surface area contributed by atoms with Crippen molar-refractivity contribution in [1.29, 1.82) is 0 Å². The molecule has 0 aliphatic carbocycles. The number of aliphatic imine (C=N–C) groups is 1. The molecule has 2 aromatic carbocycles. The van der Waals surface area contributed by atoms with Crippen molar-refractivity contribution in [3.8, 4) is 11.1 Å². The van der Waals surface area contributed by atoms with Gasteiger partial charge in [-0.15, -0.1) is 0 Å². The van der Waals surface area contributed by atoms with Gasteiger partial charge in [-0.3, -0.25) is 19.9 Å². The van der Waals surface area contributed by atoms with E-state index in [4.69, 9.17) is 38.3 Å². The number of likely N-dealkylation sites (N-methyl/N-ethyl adjacent to an activating group) is 1. The number of nitrogens with zero attached hydrogens (tertiary/aromatic N) is 4. The monoisotopic (exact) mass is 765 g/mol. The number of hydrogen-bond acceptors (Lipinski definition) is 11. The van der Waals surface area contributed by atoms with Gasteiger partial charge in [-0.2, -0.15) is 0 Å². The lowest BCUT2D eigenvalue weighted by atomic mass is 9.99. The third-order valence-electron chi connectivity index (χ3n) is 8.29.